The zero-order chi connectivity index (χ0) is 15.3. The third-order valence-corrected chi connectivity index (χ3v) is 2.68. The van der Waals surface area contributed by atoms with Crippen molar-refractivity contribution in [1.82, 2.24) is 0 Å². The number of aliphatic hydroxyl groups is 1. The molecule has 108 valence electrons. The number of ketones is 1. The number of hydrogen-bond donors (Lipinski definition) is 1. The van der Waals surface area contributed by atoms with Crippen LogP contribution < -0.4 is 9.47 Å². The van der Waals surface area contributed by atoms with Gasteiger partial charge in [-0.25, -0.2) is 0 Å². The van der Waals surface area contributed by atoms with E-state index in [1.54, 1.807) is 6.07 Å². The standard InChI is InChI=1S/C13H15ClN2O4/c1-7(17)13(8(2)18)16-15-10-5-9(14)11(19-3)6-12(10)20-4/h5-6,17H,1-4H3/b13-7+,16-15?. The van der Waals surface area contributed by atoms with E-state index in [0.717, 1.165) is 0 Å². The molecule has 6 nitrogen and oxygen atoms in total. The highest BCUT2D eigenvalue weighted by molar-refractivity contribution is 6.32. The SMILES string of the molecule is COc1cc(OC)c(N=N/C(C(C)=O)=C(\C)O)cc1Cl. The summed E-state index contributed by atoms with van der Waals surface area (Å²) in [5.74, 6) is 0.212. The summed E-state index contributed by atoms with van der Waals surface area (Å²) in [4.78, 5) is 11.3. The van der Waals surface area contributed by atoms with E-state index in [-0.39, 0.29) is 11.5 Å². The van der Waals surface area contributed by atoms with Crippen molar-refractivity contribution in [1.29, 1.82) is 0 Å². The summed E-state index contributed by atoms with van der Waals surface area (Å²) in [6.45, 7) is 2.64. The number of ether oxygens (including phenoxy) is 2. The van der Waals surface area contributed by atoms with Crippen LogP contribution in [0.2, 0.25) is 5.02 Å². The molecule has 0 fully saturated rings. The molecule has 0 aliphatic rings. The number of methoxy groups -OCH3 is 2. The molecule has 1 aromatic rings. The number of Topliss-reactive ketones (excluding diaryl/α,β-unsaturated/α-hetero) is 1. The molecule has 0 heterocycles. The van der Waals surface area contributed by atoms with Gasteiger partial charge in [0.05, 0.1) is 19.2 Å². The molecule has 0 radical (unpaired) electrons. The van der Waals surface area contributed by atoms with Crippen LogP contribution in [0.3, 0.4) is 0 Å². The van der Waals surface area contributed by atoms with Crippen molar-refractivity contribution >= 4 is 23.1 Å². The largest absolute Gasteiger partial charge is 0.510 e. The molecule has 0 unspecified atom stereocenters. The second-order valence-electron chi connectivity index (χ2n) is 3.85. The van der Waals surface area contributed by atoms with Crippen LogP contribution in [0, 0.1) is 0 Å². The van der Waals surface area contributed by atoms with Crippen LogP contribution in [0.4, 0.5) is 5.69 Å². The van der Waals surface area contributed by atoms with Crippen LogP contribution in [0.15, 0.2) is 33.8 Å². The van der Waals surface area contributed by atoms with Crippen molar-refractivity contribution < 1.29 is 19.4 Å². The van der Waals surface area contributed by atoms with Gasteiger partial charge in [-0.3, -0.25) is 4.79 Å². The minimum Gasteiger partial charge on any atom is -0.510 e. The van der Waals surface area contributed by atoms with Crippen molar-refractivity contribution in [2.45, 2.75) is 13.8 Å². The van der Waals surface area contributed by atoms with E-state index in [2.05, 4.69) is 10.2 Å². The zero-order valence-electron chi connectivity index (χ0n) is 11.6. The average Bonchev–Trinajstić information content (AvgIpc) is 2.38. The lowest BCUT2D eigenvalue weighted by molar-refractivity contribution is -0.113. The number of aliphatic hydroxyl groups excluding tert-OH is 1. The lowest BCUT2D eigenvalue weighted by Gasteiger charge is -2.08. The van der Waals surface area contributed by atoms with Gasteiger partial charge < -0.3 is 14.6 Å². The lowest BCUT2D eigenvalue weighted by Crippen LogP contribution is -1.96. The van der Waals surface area contributed by atoms with Crippen LogP contribution in [-0.2, 0) is 4.79 Å². The summed E-state index contributed by atoms with van der Waals surface area (Å²) in [7, 11) is 2.94. The van der Waals surface area contributed by atoms with Crippen LogP contribution in [0.25, 0.3) is 0 Å². The van der Waals surface area contributed by atoms with Crippen LogP contribution in [-0.4, -0.2) is 25.1 Å². The summed E-state index contributed by atoms with van der Waals surface area (Å²) in [5.41, 5.74) is 0.192. The first-order chi connectivity index (χ1) is 9.40. The molecule has 1 rings (SSSR count). The minimum atomic E-state index is -0.396. The summed E-state index contributed by atoms with van der Waals surface area (Å²) in [6.07, 6.45) is 0. The number of rotatable bonds is 5. The number of halogens is 1. The molecule has 7 heteroatoms. The van der Waals surface area contributed by atoms with Crippen LogP contribution in [0.1, 0.15) is 13.8 Å². The van der Waals surface area contributed by atoms with Gasteiger partial charge in [-0.05, 0) is 13.0 Å². The number of carbonyl (C=O) groups excluding carboxylic acids is 1. The van der Waals surface area contributed by atoms with E-state index in [1.165, 1.54) is 34.1 Å². The Balaban J connectivity index is 3.24. The summed E-state index contributed by atoms with van der Waals surface area (Å²) in [5, 5.41) is 17.3. The molecular weight excluding hydrogens is 284 g/mol. The highest BCUT2D eigenvalue weighted by atomic mass is 35.5. The molecule has 0 spiro atoms. The second-order valence-corrected chi connectivity index (χ2v) is 4.26. The number of benzene rings is 1. The highest BCUT2D eigenvalue weighted by Crippen LogP contribution is 2.38. The molecule has 1 aromatic carbocycles. The van der Waals surface area contributed by atoms with Gasteiger partial charge in [0.1, 0.15) is 22.9 Å². The van der Waals surface area contributed by atoms with Gasteiger partial charge in [0, 0.05) is 13.0 Å². The maximum atomic E-state index is 11.3. The van der Waals surface area contributed by atoms with Crippen molar-refractivity contribution in [2.24, 2.45) is 10.2 Å². The molecule has 1 N–H and O–H groups in total. The first-order valence-corrected chi connectivity index (χ1v) is 6.02. The Kier molecular flexibility index (Phi) is 5.52. The fourth-order valence-electron chi connectivity index (χ4n) is 1.42. The Morgan fingerprint density at radius 2 is 1.80 bits per heavy atom. The fourth-order valence-corrected chi connectivity index (χ4v) is 1.66. The maximum Gasteiger partial charge on any atom is 0.183 e. The molecule has 0 aliphatic carbocycles. The first-order valence-electron chi connectivity index (χ1n) is 5.64. The number of nitrogens with zero attached hydrogens (tertiary/aromatic N) is 2. The Bertz CT molecular complexity index is 578. The van der Waals surface area contributed by atoms with Crippen LogP contribution in [0.5, 0.6) is 11.5 Å². The lowest BCUT2D eigenvalue weighted by atomic mass is 10.2. The van der Waals surface area contributed by atoms with E-state index >= 15 is 0 Å². The quantitative estimate of drug-likeness (QED) is 0.509. The van der Waals surface area contributed by atoms with Gasteiger partial charge >= 0.3 is 0 Å². The molecule has 0 saturated carbocycles. The molecule has 0 aliphatic heterocycles. The van der Waals surface area contributed by atoms with Gasteiger partial charge in [-0.15, -0.1) is 10.2 Å². The Morgan fingerprint density at radius 1 is 1.20 bits per heavy atom. The summed E-state index contributed by atoms with van der Waals surface area (Å²) in [6, 6.07) is 3.05. The normalized spacial score (nSPS) is 12.2. The van der Waals surface area contributed by atoms with E-state index < -0.39 is 5.78 Å². The van der Waals surface area contributed by atoms with Gasteiger partial charge in [0.25, 0.3) is 0 Å². The van der Waals surface area contributed by atoms with Gasteiger partial charge in [-0.1, -0.05) is 11.6 Å². The van der Waals surface area contributed by atoms with Crippen LogP contribution >= 0.6 is 11.6 Å². The number of carbonyl (C=O) groups is 1. The predicted molar refractivity (Wildman–Crippen MR) is 75.1 cm³/mol. The predicted octanol–water partition coefficient (Wildman–Crippen LogP) is 3.82. The Labute approximate surface area is 121 Å². The molecule has 0 amide bonds. The van der Waals surface area contributed by atoms with Crippen molar-refractivity contribution in [3.05, 3.63) is 28.6 Å². The molecule has 0 aromatic heterocycles. The smallest absolute Gasteiger partial charge is 0.183 e. The van der Waals surface area contributed by atoms with Crippen molar-refractivity contribution in [2.75, 3.05) is 14.2 Å². The molecule has 0 saturated heterocycles. The third kappa shape index (κ3) is 3.71. The fraction of sp³-hybridized carbons (Fsp3) is 0.308. The molecule has 20 heavy (non-hydrogen) atoms. The van der Waals surface area contributed by atoms with Gasteiger partial charge in [0.2, 0.25) is 0 Å². The zero-order valence-corrected chi connectivity index (χ0v) is 12.4. The van der Waals surface area contributed by atoms with E-state index in [4.69, 9.17) is 21.1 Å². The second kappa shape index (κ2) is 6.91. The topological polar surface area (TPSA) is 80.5 Å². The van der Waals surface area contributed by atoms with E-state index in [0.29, 0.717) is 22.2 Å². The third-order valence-electron chi connectivity index (χ3n) is 2.39. The molecule has 0 atom stereocenters. The first kappa shape index (κ1) is 16.0. The summed E-state index contributed by atoms with van der Waals surface area (Å²) >= 11 is 5.99. The number of hydrogen-bond acceptors (Lipinski definition) is 6. The molecular formula is C13H15ClN2O4. The maximum absolute atomic E-state index is 11.3. The van der Waals surface area contributed by atoms with Crippen molar-refractivity contribution in [3.8, 4) is 11.5 Å². The van der Waals surface area contributed by atoms with Gasteiger partial charge in [0.15, 0.2) is 11.5 Å². The molecule has 0 bridgehead atoms. The highest BCUT2D eigenvalue weighted by Gasteiger charge is 2.11. The van der Waals surface area contributed by atoms with E-state index in [1.807, 2.05) is 0 Å². The van der Waals surface area contributed by atoms with E-state index in [9.17, 15) is 9.90 Å². The Hall–Kier alpha value is -2.08. The number of azo groups is 1. The number of allylic oxidation sites excluding steroid dienone is 2. The Morgan fingerprint density at radius 3 is 2.25 bits per heavy atom. The average molecular weight is 299 g/mol. The van der Waals surface area contributed by atoms with Gasteiger partial charge in [-0.2, -0.15) is 0 Å². The summed E-state index contributed by atoms with van der Waals surface area (Å²) < 4.78 is 10.2. The monoisotopic (exact) mass is 298 g/mol. The minimum absolute atomic E-state index is 0.126. The van der Waals surface area contributed by atoms with Crippen molar-refractivity contribution in [3.63, 3.8) is 0 Å².